The maximum Gasteiger partial charge on any atom is 0.325 e. The molecule has 0 aromatic rings. The number of amides is 4. The molecular weight excluding hydrogens is 344 g/mol. The normalized spacial score (nSPS) is 32.1. The third-order valence-electron chi connectivity index (χ3n) is 6.79. The van der Waals surface area contributed by atoms with E-state index < -0.39 is 11.6 Å². The molecule has 1 unspecified atom stereocenters. The molecule has 3 rings (SSSR count). The van der Waals surface area contributed by atoms with Gasteiger partial charge in [0, 0.05) is 19.1 Å². The summed E-state index contributed by atoms with van der Waals surface area (Å²) in [6, 6.07) is -0.130. The molecule has 0 bridgehead atoms. The van der Waals surface area contributed by atoms with Gasteiger partial charge in [-0.2, -0.15) is 0 Å². The van der Waals surface area contributed by atoms with Crippen molar-refractivity contribution in [1.82, 2.24) is 20.4 Å². The minimum Gasteiger partial charge on any atom is -0.340 e. The van der Waals surface area contributed by atoms with Crippen LogP contribution in [0.15, 0.2) is 0 Å². The van der Waals surface area contributed by atoms with Crippen molar-refractivity contribution in [3.8, 4) is 0 Å². The van der Waals surface area contributed by atoms with Crippen LogP contribution >= 0.6 is 0 Å². The van der Waals surface area contributed by atoms with E-state index in [9.17, 15) is 14.4 Å². The fourth-order valence-corrected chi connectivity index (χ4v) is 4.81. The Bertz CT molecular complexity index is 605. The Morgan fingerprint density at radius 3 is 2.48 bits per heavy atom. The van der Waals surface area contributed by atoms with Crippen LogP contribution in [-0.4, -0.2) is 65.9 Å². The van der Waals surface area contributed by atoms with E-state index in [0.29, 0.717) is 31.8 Å². The quantitative estimate of drug-likeness (QED) is 0.733. The minimum absolute atomic E-state index is 0.140. The number of imide groups is 1. The van der Waals surface area contributed by atoms with Crippen LogP contribution < -0.4 is 10.6 Å². The first-order chi connectivity index (χ1) is 12.7. The Balaban J connectivity index is 1.62. The summed E-state index contributed by atoms with van der Waals surface area (Å²) in [6.07, 6.45) is 5.16. The van der Waals surface area contributed by atoms with E-state index in [-0.39, 0.29) is 29.8 Å². The number of urea groups is 1. The summed E-state index contributed by atoms with van der Waals surface area (Å²) >= 11 is 0. The Labute approximate surface area is 162 Å². The zero-order valence-corrected chi connectivity index (χ0v) is 17.1. The highest BCUT2D eigenvalue weighted by atomic mass is 16.2. The van der Waals surface area contributed by atoms with E-state index in [2.05, 4.69) is 31.4 Å². The predicted molar refractivity (Wildman–Crippen MR) is 103 cm³/mol. The van der Waals surface area contributed by atoms with Gasteiger partial charge in [-0.15, -0.1) is 0 Å². The van der Waals surface area contributed by atoms with Crippen molar-refractivity contribution in [3.63, 3.8) is 0 Å². The largest absolute Gasteiger partial charge is 0.340 e. The fraction of sp³-hybridized carbons (Fsp3) is 0.850. The van der Waals surface area contributed by atoms with Crippen LogP contribution in [0.5, 0.6) is 0 Å². The summed E-state index contributed by atoms with van der Waals surface area (Å²) in [7, 11) is 1.90. The van der Waals surface area contributed by atoms with Crippen LogP contribution in [0.25, 0.3) is 0 Å². The van der Waals surface area contributed by atoms with Gasteiger partial charge in [-0.05, 0) is 56.9 Å². The van der Waals surface area contributed by atoms with Crippen molar-refractivity contribution in [1.29, 1.82) is 0 Å². The number of piperidine rings is 1. The van der Waals surface area contributed by atoms with E-state index in [1.165, 1.54) is 0 Å². The first kappa shape index (κ1) is 20.1. The maximum absolute atomic E-state index is 13.0. The van der Waals surface area contributed by atoms with E-state index in [4.69, 9.17) is 0 Å². The summed E-state index contributed by atoms with van der Waals surface area (Å²) < 4.78 is 0. The van der Waals surface area contributed by atoms with Gasteiger partial charge in [0.1, 0.15) is 12.1 Å². The Morgan fingerprint density at radius 2 is 1.89 bits per heavy atom. The van der Waals surface area contributed by atoms with Gasteiger partial charge < -0.3 is 15.5 Å². The van der Waals surface area contributed by atoms with Gasteiger partial charge in [0.05, 0.1) is 0 Å². The van der Waals surface area contributed by atoms with Gasteiger partial charge in [0.2, 0.25) is 5.91 Å². The molecule has 4 amide bonds. The number of hydrogen-bond acceptors (Lipinski definition) is 4. The van der Waals surface area contributed by atoms with Crippen LogP contribution in [0, 0.1) is 11.3 Å². The lowest BCUT2D eigenvalue weighted by atomic mass is 9.67. The summed E-state index contributed by atoms with van der Waals surface area (Å²) in [4.78, 5) is 41.1. The van der Waals surface area contributed by atoms with Crippen molar-refractivity contribution < 1.29 is 14.4 Å². The van der Waals surface area contributed by atoms with E-state index >= 15 is 0 Å². The first-order valence-corrected chi connectivity index (χ1v) is 10.3. The van der Waals surface area contributed by atoms with Gasteiger partial charge in [0.25, 0.3) is 5.91 Å². The highest BCUT2D eigenvalue weighted by Crippen LogP contribution is 2.43. The van der Waals surface area contributed by atoms with Crippen molar-refractivity contribution in [2.24, 2.45) is 11.3 Å². The first-order valence-electron chi connectivity index (χ1n) is 10.3. The molecule has 2 saturated heterocycles. The number of nitrogens with zero attached hydrogens (tertiary/aromatic N) is 2. The van der Waals surface area contributed by atoms with E-state index in [1.54, 1.807) is 4.90 Å². The van der Waals surface area contributed by atoms with Crippen LogP contribution in [0.3, 0.4) is 0 Å². The van der Waals surface area contributed by atoms with Crippen molar-refractivity contribution >= 4 is 17.8 Å². The SMILES string of the molecule is CNC1CCCN(C(=O)CN2C(=O)NC3(CCC(C(C)(C)C)CC3)C2=O)C1. The van der Waals surface area contributed by atoms with Gasteiger partial charge in [0.15, 0.2) is 0 Å². The van der Waals surface area contributed by atoms with Crippen LogP contribution in [0.1, 0.15) is 59.3 Å². The van der Waals surface area contributed by atoms with Gasteiger partial charge in [-0.3, -0.25) is 14.5 Å². The molecule has 0 radical (unpaired) electrons. The zero-order valence-electron chi connectivity index (χ0n) is 17.1. The van der Waals surface area contributed by atoms with Gasteiger partial charge in [-0.25, -0.2) is 4.79 Å². The van der Waals surface area contributed by atoms with E-state index in [0.717, 1.165) is 30.6 Å². The number of carbonyl (C=O) groups is 3. The number of rotatable bonds is 3. The molecule has 27 heavy (non-hydrogen) atoms. The molecule has 1 spiro atoms. The second kappa shape index (κ2) is 7.41. The average Bonchev–Trinajstić information content (AvgIpc) is 2.85. The molecule has 3 aliphatic rings. The number of likely N-dealkylation sites (N-methyl/N-ethyl adjacent to an activating group) is 1. The van der Waals surface area contributed by atoms with Crippen molar-refractivity contribution in [3.05, 3.63) is 0 Å². The highest BCUT2D eigenvalue weighted by Gasteiger charge is 2.53. The second-order valence-electron chi connectivity index (χ2n) is 9.51. The smallest absolute Gasteiger partial charge is 0.325 e. The average molecular weight is 379 g/mol. The van der Waals surface area contributed by atoms with Crippen molar-refractivity contribution in [2.45, 2.75) is 70.9 Å². The lowest BCUT2D eigenvalue weighted by Gasteiger charge is -2.40. The molecule has 2 N–H and O–H groups in total. The molecule has 1 aliphatic carbocycles. The van der Waals surface area contributed by atoms with E-state index in [1.807, 2.05) is 7.05 Å². The third-order valence-corrected chi connectivity index (χ3v) is 6.79. The molecule has 7 heteroatoms. The Morgan fingerprint density at radius 1 is 1.22 bits per heavy atom. The monoisotopic (exact) mass is 378 g/mol. The molecule has 2 aliphatic heterocycles. The third kappa shape index (κ3) is 3.98. The zero-order chi connectivity index (χ0) is 19.8. The van der Waals surface area contributed by atoms with Gasteiger partial charge in [-0.1, -0.05) is 20.8 Å². The topological polar surface area (TPSA) is 81.8 Å². The lowest BCUT2D eigenvalue weighted by molar-refractivity contribution is -0.140. The van der Waals surface area contributed by atoms with Crippen molar-refractivity contribution in [2.75, 3.05) is 26.7 Å². The van der Waals surface area contributed by atoms with Crippen LogP contribution in [0.2, 0.25) is 0 Å². The summed E-state index contributed by atoms with van der Waals surface area (Å²) in [5.74, 6) is 0.199. The molecule has 1 saturated carbocycles. The summed E-state index contributed by atoms with van der Waals surface area (Å²) in [5, 5.41) is 6.13. The lowest BCUT2D eigenvalue weighted by Crippen LogP contribution is -2.52. The van der Waals surface area contributed by atoms with Crippen LogP contribution in [-0.2, 0) is 9.59 Å². The fourth-order valence-electron chi connectivity index (χ4n) is 4.81. The summed E-state index contributed by atoms with van der Waals surface area (Å²) in [6.45, 7) is 7.87. The molecule has 152 valence electrons. The number of hydrogen-bond donors (Lipinski definition) is 2. The maximum atomic E-state index is 13.0. The molecule has 0 aromatic carbocycles. The standard InChI is InChI=1S/C20H34N4O3/c1-19(2,3)14-7-9-20(10-8-14)17(26)24(18(27)22-20)13-16(25)23-11-5-6-15(12-23)21-4/h14-15,21H,5-13H2,1-4H3,(H,22,27). The second-order valence-corrected chi connectivity index (χ2v) is 9.51. The number of likely N-dealkylation sites (tertiary alicyclic amines) is 1. The Kier molecular flexibility index (Phi) is 5.52. The highest BCUT2D eigenvalue weighted by molar-refractivity contribution is 6.09. The van der Waals surface area contributed by atoms with Gasteiger partial charge >= 0.3 is 6.03 Å². The summed E-state index contributed by atoms with van der Waals surface area (Å²) in [5.41, 5.74) is -0.588. The predicted octanol–water partition coefficient (Wildman–Crippen LogP) is 1.72. The Hall–Kier alpha value is -1.63. The molecule has 0 aromatic heterocycles. The minimum atomic E-state index is -0.797. The molecule has 3 fully saturated rings. The van der Waals surface area contributed by atoms with Crippen LogP contribution in [0.4, 0.5) is 4.79 Å². The molecule has 1 atom stereocenters. The number of nitrogens with one attached hydrogen (secondary N) is 2. The molecule has 2 heterocycles. The molecular formula is C20H34N4O3. The number of carbonyl (C=O) groups excluding carboxylic acids is 3. The molecule has 7 nitrogen and oxygen atoms in total.